The summed E-state index contributed by atoms with van der Waals surface area (Å²) >= 11 is 0.0539. The zero-order valence-electron chi connectivity index (χ0n) is 27.7. The van der Waals surface area contributed by atoms with Gasteiger partial charge in [0.1, 0.15) is 0 Å². The summed E-state index contributed by atoms with van der Waals surface area (Å²) in [6.07, 6.45) is 0. The quantitative estimate of drug-likeness (QED) is 0.165. The predicted molar refractivity (Wildman–Crippen MR) is 215 cm³/mol. The second-order valence-electron chi connectivity index (χ2n) is 12.9. The van der Waals surface area contributed by atoms with Crippen molar-refractivity contribution < 1.29 is 4.42 Å². The molecule has 10 rings (SSSR count). The van der Waals surface area contributed by atoms with Gasteiger partial charge in [-0.05, 0) is 0 Å². The first-order chi connectivity index (χ1) is 25.3. The van der Waals surface area contributed by atoms with Gasteiger partial charge in [0.15, 0.2) is 0 Å². The van der Waals surface area contributed by atoms with Crippen molar-refractivity contribution in [2.75, 3.05) is 4.90 Å². The molecule has 0 fully saturated rings. The van der Waals surface area contributed by atoms with Crippen LogP contribution < -0.4 is 13.8 Å². The molecule has 2 heterocycles. The fourth-order valence-electron chi connectivity index (χ4n) is 7.52. The van der Waals surface area contributed by atoms with Crippen molar-refractivity contribution in [1.29, 1.82) is 0 Å². The zero-order valence-corrected chi connectivity index (χ0v) is 29.4. The Kier molecular flexibility index (Phi) is 7.20. The van der Waals surface area contributed by atoms with Crippen LogP contribution in [-0.4, -0.2) is 15.0 Å². The minimum atomic E-state index is 0.0539. The van der Waals surface area contributed by atoms with E-state index in [0.29, 0.717) is 0 Å². The number of hydrogen-bond acceptors (Lipinski definition) is 2. The molecule has 3 heteroatoms. The fourth-order valence-corrected chi connectivity index (χ4v) is 9.91. The molecule has 1 aliphatic heterocycles. The van der Waals surface area contributed by atoms with E-state index in [-0.39, 0.29) is 15.0 Å². The Morgan fingerprint density at radius 2 is 0.824 bits per heavy atom. The SMILES string of the molecule is c1ccc(-c2ccccc2-c2ccc3c(c2)[Se]c2cc(-c4ccccc4-c4ccccc4)ccc2N3c2cccc3c2oc2ccccc23)cc1. The number of hydrogen-bond donors (Lipinski definition) is 0. The van der Waals surface area contributed by atoms with E-state index >= 15 is 0 Å². The summed E-state index contributed by atoms with van der Waals surface area (Å²) in [5, 5.41) is 2.26. The maximum atomic E-state index is 6.65. The molecule has 0 bridgehead atoms. The van der Waals surface area contributed by atoms with E-state index < -0.39 is 0 Å². The van der Waals surface area contributed by atoms with E-state index in [4.69, 9.17) is 4.42 Å². The molecule has 0 spiro atoms. The fraction of sp³-hybridized carbons (Fsp3) is 0. The van der Waals surface area contributed by atoms with E-state index in [9.17, 15) is 0 Å². The van der Waals surface area contributed by atoms with Crippen LogP contribution in [0.3, 0.4) is 0 Å². The van der Waals surface area contributed by atoms with Gasteiger partial charge in [-0.2, -0.15) is 0 Å². The van der Waals surface area contributed by atoms with Crippen LogP contribution in [0.2, 0.25) is 0 Å². The summed E-state index contributed by atoms with van der Waals surface area (Å²) in [7, 11) is 0. The van der Waals surface area contributed by atoms with Crippen molar-refractivity contribution in [1.82, 2.24) is 0 Å². The van der Waals surface area contributed by atoms with Gasteiger partial charge >= 0.3 is 305 Å². The third-order valence-corrected chi connectivity index (χ3v) is 12.2. The van der Waals surface area contributed by atoms with Crippen LogP contribution >= 0.6 is 0 Å². The Labute approximate surface area is 303 Å². The van der Waals surface area contributed by atoms with Gasteiger partial charge in [0.2, 0.25) is 0 Å². The molecule has 0 saturated carbocycles. The van der Waals surface area contributed by atoms with Crippen molar-refractivity contribution in [3.05, 3.63) is 188 Å². The molecule has 240 valence electrons. The molecule has 0 aliphatic carbocycles. The molecular weight excluding hydrogens is 685 g/mol. The molecule has 0 saturated heterocycles. The summed E-state index contributed by atoms with van der Waals surface area (Å²) in [6, 6.07) is 67.9. The van der Waals surface area contributed by atoms with Crippen molar-refractivity contribution in [2.24, 2.45) is 0 Å². The maximum absolute atomic E-state index is 6.65. The Bertz CT molecular complexity index is 2600. The molecule has 1 aromatic heterocycles. The topological polar surface area (TPSA) is 16.4 Å². The van der Waals surface area contributed by atoms with Crippen LogP contribution in [0, 0.1) is 0 Å². The predicted octanol–water partition coefficient (Wildman–Crippen LogP) is 11.7. The van der Waals surface area contributed by atoms with E-state index in [1.54, 1.807) is 0 Å². The van der Waals surface area contributed by atoms with E-state index in [0.717, 1.165) is 27.6 Å². The van der Waals surface area contributed by atoms with E-state index in [1.165, 1.54) is 64.8 Å². The Morgan fingerprint density at radius 3 is 1.39 bits per heavy atom. The summed E-state index contributed by atoms with van der Waals surface area (Å²) in [6.45, 7) is 0. The number of benzene rings is 8. The van der Waals surface area contributed by atoms with Gasteiger partial charge in [-0.15, -0.1) is 0 Å². The van der Waals surface area contributed by atoms with Gasteiger partial charge in [-0.3, -0.25) is 0 Å². The average Bonchev–Trinajstić information content (AvgIpc) is 3.59. The normalized spacial score (nSPS) is 12.2. The van der Waals surface area contributed by atoms with Crippen LogP contribution in [0.1, 0.15) is 0 Å². The van der Waals surface area contributed by atoms with Gasteiger partial charge in [-0.1, -0.05) is 0 Å². The molecule has 1 aliphatic rings. The van der Waals surface area contributed by atoms with Crippen molar-refractivity contribution in [3.8, 4) is 44.5 Å². The molecule has 0 radical (unpaired) electrons. The van der Waals surface area contributed by atoms with Crippen molar-refractivity contribution in [3.63, 3.8) is 0 Å². The third kappa shape index (κ3) is 5.10. The van der Waals surface area contributed by atoms with Crippen LogP contribution in [0.5, 0.6) is 0 Å². The molecule has 0 atom stereocenters. The van der Waals surface area contributed by atoms with Crippen molar-refractivity contribution in [2.45, 2.75) is 0 Å². The first-order valence-electron chi connectivity index (χ1n) is 17.3. The molecule has 0 amide bonds. The standard InChI is InChI=1S/C48H31NOSe/c1-3-14-32(15-4-1)36-18-7-9-20-38(36)34-26-28-42-46(30-34)51-47-31-35(39-21-10-8-19-37(39)33-16-5-2-6-17-33)27-29-43(47)49(42)44-24-13-23-41-40-22-11-12-25-45(40)50-48(41)44/h1-31H. The van der Waals surface area contributed by atoms with Gasteiger partial charge < -0.3 is 0 Å². The zero-order chi connectivity index (χ0) is 33.7. The molecule has 51 heavy (non-hydrogen) atoms. The van der Waals surface area contributed by atoms with Crippen LogP contribution in [0.25, 0.3) is 66.4 Å². The second kappa shape index (κ2) is 12.3. The van der Waals surface area contributed by atoms with Gasteiger partial charge in [-0.25, -0.2) is 0 Å². The van der Waals surface area contributed by atoms with Crippen LogP contribution in [-0.2, 0) is 0 Å². The van der Waals surface area contributed by atoms with E-state index in [2.05, 4.69) is 187 Å². The summed E-state index contributed by atoms with van der Waals surface area (Å²) in [5.41, 5.74) is 15.1. The Balaban J connectivity index is 1.18. The number of rotatable bonds is 5. The first kappa shape index (κ1) is 29.8. The number of fused-ring (bicyclic) bond motifs is 5. The van der Waals surface area contributed by atoms with Gasteiger partial charge in [0.05, 0.1) is 0 Å². The van der Waals surface area contributed by atoms with Gasteiger partial charge in [0, 0.05) is 0 Å². The summed E-state index contributed by atoms with van der Waals surface area (Å²) in [4.78, 5) is 2.43. The average molecular weight is 717 g/mol. The molecule has 9 aromatic rings. The number of nitrogens with zero attached hydrogens (tertiary/aromatic N) is 1. The monoisotopic (exact) mass is 717 g/mol. The molecule has 0 N–H and O–H groups in total. The Hall–Kier alpha value is -6.12. The number of anilines is 3. The first-order valence-corrected chi connectivity index (χ1v) is 19.0. The van der Waals surface area contributed by atoms with Crippen LogP contribution in [0.15, 0.2) is 192 Å². The van der Waals surface area contributed by atoms with Crippen molar-refractivity contribution >= 4 is 62.9 Å². The molecular formula is C48H31NOSe. The second-order valence-corrected chi connectivity index (χ2v) is 15.2. The summed E-state index contributed by atoms with van der Waals surface area (Å²) in [5.74, 6) is 0. The third-order valence-electron chi connectivity index (χ3n) is 9.89. The minimum absolute atomic E-state index is 0.0539. The molecule has 0 unspecified atom stereocenters. The van der Waals surface area contributed by atoms with Gasteiger partial charge in [0.25, 0.3) is 0 Å². The number of furan rings is 1. The molecule has 8 aromatic carbocycles. The molecule has 2 nitrogen and oxygen atoms in total. The van der Waals surface area contributed by atoms with E-state index in [1.807, 2.05) is 6.07 Å². The Morgan fingerprint density at radius 1 is 0.353 bits per heavy atom. The van der Waals surface area contributed by atoms with Crippen LogP contribution in [0.4, 0.5) is 17.1 Å². The number of para-hydroxylation sites is 2. The summed E-state index contributed by atoms with van der Waals surface area (Å²) < 4.78 is 9.33.